The largest absolute Gasteiger partial charge is 0.416 e. The van der Waals surface area contributed by atoms with E-state index in [1.165, 1.54) is 27.9 Å². The number of pyridine rings is 1. The first kappa shape index (κ1) is 60.1. The van der Waals surface area contributed by atoms with Crippen LogP contribution in [-0.4, -0.2) is 6.15 Å². The summed E-state index contributed by atoms with van der Waals surface area (Å²) in [6, 6.07) is 14.8. The summed E-state index contributed by atoms with van der Waals surface area (Å²) in [5, 5.41) is 0. The van der Waals surface area contributed by atoms with Crippen LogP contribution in [0, 0.1) is 13.8 Å². The van der Waals surface area contributed by atoms with Crippen LogP contribution in [0.15, 0.2) is 146 Å². The summed E-state index contributed by atoms with van der Waals surface area (Å²) in [6.45, 7) is 5.21. The molecular weight excluding hydrogens is 1110 g/mol. The lowest BCUT2D eigenvalue weighted by molar-refractivity contribution is -0.677. The summed E-state index contributed by atoms with van der Waals surface area (Å²) < 4.78 is 343. The Morgan fingerprint density at radius 1 is 0.321 bits per heavy atom. The molecule has 6 aromatic carbocycles. The Hall–Kier alpha value is -7.15. The van der Waals surface area contributed by atoms with Gasteiger partial charge in [-0.05, 0) is 55.8 Å². The fourth-order valence-electron chi connectivity index (χ4n) is 8.72. The highest BCUT2D eigenvalue weighted by molar-refractivity contribution is 7.20. The van der Waals surface area contributed by atoms with Gasteiger partial charge in [-0.3, -0.25) is 0 Å². The van der Waals surface area contributed by atoms with Gasteiger partial charge in [0.25, 0.3) is 0 Å². The molecule has 0 radical (unpaired) electrons. The third-order valence-electron chi connectivity index (χ3n) is 12.2. The molecule has 0 atom stereocenters. The lowest BCUT2D eigenvalue weighted by atomic mass is 9.12. The normalized spacial score (nSPS) is 13.3. The molecule has 0 unspecified atom stereocenters. The van der Waals surface area contributed by atoms with E-state index >= 15 is 0 Å². The molecule has 0 saturated carbocycles. The molecule has 0 aliphatic carbocycles. The first-order valence-corrected chi connectivity index (χ1v) is 22.0. The van der Waals surface area contributed by atoms with Crippen LogP contribution in [-0.2, 0) is 56.0 Å². The lowest BCUT2D eigenvalue weighted by Crippen LogP contribution is -2.75. The van der Waals surface area contributed by atoms with Gasteiger partial charge < -0.3 is 0 Å². The Labute approximate surface area is 425 Å². The average Bonchev–Trinajstić information content (AvgIpc) is 3.31. The van der Waals surface area contributed by atoms with E-state index < -0.39 is 195 Å². The van der Waals surface area contributed by atoms with Crippen molar-refractivity contribution in [3.63, 3.8) is 0 Å². The minimum atomic E-state index is -6.13. The first-order valence-electron chi connectivity index (χ1n) is 22.0. The van der Waals surface area contributed by atoms with E-state index in [1.54, 1.807) is 0 Å². The van der Waals surface area contributed by atoms with Gasteiger partial charge in [0.05, 0.1) is 44.5 Å². The van der Waals surface area contributed by atoms with Gasteiger partial charge >= 0.3 is 49.4 Å². The molecule has 0 amide bonds. The molecule has 7 rings (SSSR count). The van der Waals surface area contributed by atoms with Crippen LogP contribution < -0.4 is 26.4 Å². The predicted molar refractivity (Wildman–Crippen MR) is 237 cm³/mol. The highest BCUT2D eigenvalue weighted by Crippen LogP contribution is 2.41. The van der Waals surface area contributed by atoms with Crippen molar-refractivity contribution in [2.75, 3.05) is 0 Å². The van der Waals surface area contributed by atoms with Gasteiger partial charge in [0.1, 0.15) is 6.15 Å². The van der Waals surface area contributed by atoms with Gasteiger partial charge in [-0.25, -0.2) is 0 Å². The number of aryl methyl sites for hydroxylation is 2. The van der Waals surface area contributed by atoms with Crippen molar-refractivity contribution in [2.45, 2.75) is 69.8 Å². The molecule has 78 heavy (non-hydrogen) atoms. The van der Waals surface area contributed by atoms with Crippen molar-refractivity contribution in [1.82, 2.24) is 0 Å². The molecule has 0 spiro atoms. The number of nitrogens with zero attached hydrogens (tertiary/aromatic N) is 1. The van der Waals surface area contributed by atoms with Crippen LogP contribution in [0.4, 0.5) is 105 Å². The first-order chi connectivity index (χ1) is 35.5. The molecule has 26 heteroatoms. The summed E-state index contributed by atoms with van der Waals surface area (Å²) in [5.74, 6) is 0. The van der Waals surface area contributed by atoms with Crippen molar-refractivity contribution < 1.29 is 110 Å². The maximum atomic E-state index is 14.2. The summed E-state index contributed by atoms with van der Waals surface area (Å²) in [7, 11) is 0. The van der Waals surface area contributed by atoms with Gasteiger partial charge in [0, 0.05) is 23.3 Å². The van der Waals surface area contributed by atoms with E-state index in [4.69, 9.17) is 0 Å². The minimum Gasteiger partial charge on any atom is -0.194 e. The molecule has 416 valence electrons. The highest BCUT2D eigenvalue weighted by Gasteiger charge is 2.47. The molecule has 0 bridgehead atoms. The zero-order chi connectivity index (χ0) is 58.6. The van der Waals surface area contributed by atoms with Gasteiger partial charge in [0.15, 0.2) is 12.7 Å². The van der Waals surface area contributed by atoms with E-state index in [0.717, 1.165) is 6.54 Å². The van der Waals surface area contributed by atoms with Crippen LogP contribution in [0.2, 0.25) is 0 Å². The fraction of sp³-hybridized carbons (Fsp3) is 0.212. The number of halogens is 24. The van der Waals surface area contributed by atoms with Crippen LogP contribution in [0.3, 0.4) is 0 Å². The molecule has 0 N–H and O–H groups in total. The van der Waals surface area contributed by atoms with Gasteiger partial charge in [-0.1, -0.05) is 96.6 Å². The minimum absolute atomic E-state index is 0.691. The van der Waals surface area contributed by atoms with Crippen LogP contribution in [0.5, 0.6) is 0 Å². The van der Waals surface area contributed by atoms with Crippen molar-refractivity contribution in [3.05, 3.63) is 207 Å². The summed E-state index contributed by atoms with van der Waals surface area (Å²) in [6.07, 6.45) is -52.6. The van der Waals surface area contributed by atoms with E-state index in [-0.39, 0.29) is 0 Å². The number of hydrogen-bond acceptors (Lipinski definition) is 0. The number of rotatable bonds is 7. The summed E-state index contributed by atoms with van der Waals surface area (Å²) >= 11 is 0. The van der Waals surface area contributed by atoms with E-state index in [1.807, 2.05) is 0 Å². The molecule has 0 saturated heterocycles. The van der Waals surface area contributed by atoms with E-state index in [2.05, 4.69) is 91.3 Å². The third-order valence-corrected chi connectivity index (χ3v) is 12.2. The summed E-state index contributed by atoms with van der Waals surface area (Å²) in [4.78, 5) is 0. The fourth-order valence-corrected chi connectivity index (χ4v) is 8.72. The maximum absolute atomic E-state index is 14.2. The molecule has 0 aliphatic heterocycles. The Morgan fingerprint density at radius 3 is 0.885 bits per heavy atom. The zero-order valence-electron chi connectivity index (χ0n) is 39.2. The Morgan fingerprint density at radius 2 is 0.603 bits per heavy atom. The second kappa shape index (κ2) is 20.9. The molecule has 1 nitrogen and oxygen atoms in total. The average molecular weight is 1140 g/mol. The van der Waals surface area contributed by atoms with Crippen LogP contribution >= 0.6 is 0 Å². The number of hydrogen-bond donors (Lipinski definition) is 0. The molecule has 7 aromatic rings. The Balaban J connectivity index is 0.000000387. The molecule has 1 heterocycles. The van der Waals surface area contributed by atoms with Crippen molar-refractivity contribution in [1.29, 1.82) is 0 Å². The number of aromatic nitrogens is 1. The van der Waals surface area contributed by atoms with Crippen molar-refractivity contribution >= 4 is 28.0 Å². The smallest absolute Gasteiger partial charge is 0.194 e. The van der Waals surface area contributed by atoms with E-state index in [0.29, 0.717) is 0 Å². The highest BCUT2D eigenvalue weighted by atomic mass is 19.4. The molecular formula is C52H32BF24N. The second-order valence-corrected chi connectivity index (χ2v) is 17.7. The molecule has 0 aliphatic rings. The second-order valence-electron chi connectivity index (χ2n) is 17.7. The number of benzene rings is 6. The van der Waals surface area contributed by atoms with Gasteiger partial charge in [-0.2, -0.15) is 132 Å². The summed E-state index contributed by atoms with van der Waals surface area (Å²) in [5.41, 5.74) is -23.7. The van der Waals surface area contributed by atoms with E-state index in [9.17, 15) is 105 Å². The monoisotopic (exact) mass is 1140 g/mol. The third kappa shape index (κ3) is 13.6. The van der Waals surface area contributed by atoms with Crippen LogP contribution in [0.25, 0.3) is 11.3 Å². The maximum Gasteiger partial charge on any atom is 0.416 e. The lowest BCUT2D eigenvalue weighted by Gasteiger charge is -2.46. The topological polar surface area (TPSA) is 3.88 Å². The molecule has 0 fully saturated rings. The van der Waals surface area contributed by atoms with Gasteiger partial charge in [0.2, 0.25) is 5.69 Å². The SMILES string of the molecule is Cc1ccc(C)c(-c2cccc[n+]2Cc2ccccc2)c1.FC(F)(F)c1cc([B-](c2cc(C(F)(F)F)cc(C(F)(F)F)c2)(c2cc(C(F)(F)F)cc(C(F)(F)F)c2)c2cc(C(F)(F)F)cc(C(F)(F)F)c2)cc(C(F)(F)F)c1. The molecule has 1 aromatic heterocycles. The van der Waals surface area contributed by atoms with Gasteiger partial charge in [-0.15, -0.1) is 0 Å². The van der Waals surface area contributed by atoms with Crippen molar-refractivity contribution in [3.8, 4) is 11.3 Å². The zero-order valence-corrected chi connectivity index (χ0v) is 39.2. The number of alkyl halides is 24. The van der Waals surface area contributed by atoms with Crippen LogP contribution in [0.1, 0.15) is 61.2 Å². The Kier molecular flexibility index (Phi) is 16.1. The quantitative estimate of drug-likeness (QED) is 0.0851. The standard InChI is InChI=1S/C32H12BF24.C20H20N/c34-25(35,36)13-1-14(26(37,38)39)6-21(5-13)33(22-7-15(27(40,41)42)2-16(8-22)28(43,44)45,23-9-17(29(46,47)48)3-18(10-23)30(49,50)51)24-11-19(31(52,53)54)4-20(12-24)32(55,56)57;1-16-11-12-17(2)19(14-16)20-10-6-7-13-21(20)15-18-8-4-3-5-9-18/h1-12H;3-14H,15H2,1-2H3/q-1;+1. The van der Waals surface area contributed by atoms with Crippen molar-refractivity contribution in [2.24, 2.45) is 0 Å². The Bertz CT molecular complexity index is 2850. The predicted octanol–water partition coefficient (Wildman–Crippen LogP) is 15.5.